The molecule has 2 atom stereocenters. The fourth-order valence-electron chi connectivity index (χ4n) is 1.53. The summed E-state index contributed by atoms with van der Waals surface area (Å²) in [6, 6.07) is 0.464. The van der Waals surface area contributed by atoms with Gasteiger partial charge in [-0.2, -0.15) is 0 Å². The maximum atomic E-state index is 11.3. The summed E-state index contributed by atoms with van der Waals surface area (Å²) < 4.78 is 9.92. The molecule has 4 heteroatoms. The molecule has 0 aromatic heterocycles. The molecule has 0 aliphatic carbocycles. The van der Waals surface area contributed by atoms with Crippen molar-refractivity contribution in [2.45, 2.75) is 25.9 Å². The van der Waals surface area contributed by atoms with Crippen LogP contribution in [0.25, 0.3) is 0 Å². The van der Waals surface area contributed by atoms with E-state index in [1.54, 1.807) is 0 Å². The van der Waals surface area contributed by atoms with E-state index in [1.165, 1.54) is 7.11 Å². The van der Waals surface area contributed by atoms with Crippen molar-refractivity contribution in [3.8, 4) is 0 Å². The van der Waals surface area contributed by atoms with E-state index in [4.69, 9.17) is 4.74 Å². The second-order valence-corrected chi connectivity index (χ2v) is 3.59. The first-order valence-electron chi connectivity index (χ1n) is 4.56. The zero-order valence-corrected chi connectivity index (χ0v) is 8.37. The van der Waals surface area contributed by atoms with E-state index in [1.807, 2.05) is 13.8 Å². The van der Waals surface area contributed by atoms with Crippen LogP contribution in [0.2, 0.25) is 0 Å². The van der Waals surface area contributed by atoms with Crippen LogP contribution in [0.5, 0.6) is 0 Å². The fourth-order valence-corrected chi connectivity index (χ4v) is 1.53. The summed E-state index contributed by atoms with van der Waals surface area (Å²) in [6.45, 7) is 5.16. The number of carbonyl (C=O) groups is 1. The number of hydrogen-bond acceptors (Lipinski definition) is 4. The lowest BCUT2D eigenvalue weighted by atomic mass is 10.0. The van der Waals surface area contributed by atoms with Crippen molar-refractivity contribution in [1.29, 1.82) is 0 Å². The number of ether oxygens (including phenoxy) is 2. The molecule has 4 nitrogen and oxygen atoms in total. The molecule has 0 spiro atoms. The molecule has 1 fully saturated rings. The van der Waals surface area contributed by atoms with Crippen molar-refractivity contribution < 1.29 is 14.3 Å². The van der Waals surface area contributed by atoms with Crippen LogP contribution >= 0.6 is 0 Å². The molecule has 0 amide bonds. The minimum absolute atomic E-state index is 0.104. The largest absolute Gasteiger partial charge is 0.469 e. The van der Waals surface area contributed by atoms with Gasteiger partial charge in [-0.25, -0.2) is 0 Å². The minimum Gasteiger partial charge on any atom is -0.469 e. The van der Waals surface area contributed by atoms with Gasteiger partial charge in [-0.15, -0.1) is 0 Å². The van der Waals surface area contributed by atoms with Crippen LogP contribution in [0.3, 0.4) is 0 Å². The lowest BCUT2D eigenvalue weighted by Gasteiger charge is -2.19. The first-order chi connectivity index (χ1) is 6.15. The Labute approximate surface area is 78.6 Å². The second kappa shape index (κ2) is 4.58. The number of esters is 1. The highest BCUT2D eigenvalue weighted by Crippen LogP contribution is 2.15. The van der Waals surface area contributed by atoms with E-state index in [-0.39, 0.29) is 17.9 Å². The smallest absolute Gasteiger partial charge is 0.312 e. The molecule has 1 heterocycles. The van der Waals surface area contributed by atoms with Crippen molar-refractivity contribution in [3.63, 3.8) is 0 Å². The number of rotatable bonds is 3. The van der Waals surface area contributed by atoms with Crippen molar-refractivity contribution in [2.24, 2.45) is 5.92 Å². The number of carbonyl (C=O) groups excluding carboxylic acids is 1. The highest BCUT2D eigenvalue weighted by atomic mass is 16.5. The van der Waals surface area contributed by atoms with Crippen molar-refractivity contribution in [2.75, 3.05) is 20.3 Å². The Bertz CT molecular complexity index is 182. The molecule has 1 aliphatic heterocycles. The summed E-state index contributed by atoms with van der Waals surface area (Å²) in [5, 5.41) is 3.28. The molecule has 0 bridgehead atoms. The summed E-state index contributed by atoms with van der Waals surface area (Å²) in [7, 11) is 1.41. The normalized spacial score (nSPS) is 28.0. The first-order valence-corrected chi connectivity index (χ1v) is 4.56. The van der Waals surface area contributed by atoms with E-state index in [9.17, 15) is 4.79 Å². The average Bonchev–Trinajstić information content (AvgIpc) is 2.50. The van der Waals surface area contributed by atoms with E-state index in [0.29, 0.717) is 19.3 Å². The van der Waals surface area contributed by atoms with Gasteiger partial charge in [-0.05, 0) is 0 Å². The molecule has 0 aromatic rings. The van der Waals surface area contributed by atoms with Gasteiger partial charge in [-0.1, -0.05) is 13.8 Å². The van der Waals surface area contributed by atoms with Crippen LogP contribution in [0, 0.1) is 5.92 Å². The van der Waals surface area contributed by atoms with Crippen molar-refractivity contribution in [3.05, 3.63) is 0 Å². The highest BCUT2D eigenvalue weighted by molar-refractivity contribution is 5.73. The van der Waals surface area contributed by atoms with Gasteiger partial charge in [-0.3, -0.25) is 4.79 Å². The SMILES string of the molecule is COC(=O)C1COCC1NC(C)C. The third-order valence-corrected chi connectivity index (χ3v) is 2.13. The van der Waals surface area contributed by atoms with Crippen LogP contribution in [0.1, 0.15) is 13.8 Å². The van der Waals surface area contributed by atoms with Gasteiger partial charge in [0.1, 0.15) is 0 Å². The van der Waals surface area contributed by atoms with Gasteiger partial charge in [0.25, 0.3) is 0 Å². The van der Waals surface area contributed by atoms with Crippen LogP contribution in [0.15, 0.2) is 0 Å². The Hall–Kier alpha value is -0.610. The van der Waals surface area contributed by atoms with Gasteiger partial charge in [0.2, 0.25) is 0 Å². The highest BCUT2D eigenvalue weighted by Gasteiger charge is 2.34. The van der Waals surface area contributed by atoms with E-state index in [0.717, 1.165) is 0 Å². The predicted octanol–water partition coefficient (Wildman–Crippen LogP) is 0.172. The molecule has 0 aromatic carbocycles. The van der Waals surface area contributed by atoms with E-state index >= 15 is 0 Å². The van der Waals surface area contributed by atoms with Crippen LogP contribution < -0.4 is 5.32 Å². The first kappa shape index (κ1) is 10.5. The van der Waals surface area contributed by atoms with Gasteiger partial charge in [0.15, 0.2) is 0 Å². The summed E-state index contributed by atoms with van der Waals surface area (Å²) in [6.07, 6.45) is 0. The minimum atomic E-state index is -0.185. The zero-order valence-electron chi connectivity index (χ0n) is 8.37. The molecular formula is C9H17NO3. The summed E-state index contributed by atoms with van der Waals surface area (Å²) >= 11 is 0. The quantitative estimate of drug-likeness (QED) is 0.640. The Morgan fingerprint density at radius 2 is 2.23 bits per heavy atom. The molecule has 1 saturated heterocycles. The summed E-state index contributed by atoms with van der Waals surface area (Å²) in [4.78, 5) is 11.3. The molecule has 13 heavy (non-hydrogen) atoms. The lowest BCUT2D eigenvalue weighted by molar-refractivity contribution is -0.145. The molecule has 1 rings (SSSR count). The number of hydrogen-bond donors (Lipinski definition) is 1. The van der Waals surface area contributed by atoms with Crippen molar-refractivity contribution in [1.82, 2.24) is 5.32 Å². The van der Waals surface area contributed by atoms with E-state index < -0.39 is 0 Å². The summed E-state index contributed by atoms with van der Waals surface area (Å²) in [5.41, 5.74) is 0. The molecule has 0 saturated carbocycles. The summed E-state index contributed by atoms with van der Waals surface area (Å²) in [5.74, 6) is -0.331. The van der Waals surface area contributed by atoms with Gasteiger partial charge < -0.3 is 14.8 Å². The predicted molar refractivity (Wildman–Crippen MR) is 48.4 cm³/mol. The lowest BCUT2D eigenvalue weighted by Crippen LogP contribution is -2.43. The average molecular weight is 187 g/mol. The standard InChI is InChI=1S/C9H17NO3/c1-6(2)10-8-5-13-4-7(8)9(11)12-3/h6-8,10H,4-5H2,1-3H3. The van der Waals surface area contributed by atoms with Crippen LogP contribution in [-0.2, 0) is 14.3 Å². The number of nitrogens with one attached hydrogen (secondary N) is 1. The molecule has 76 valence electrons. The fraction of sp³-hybridized carbons (Fsp3) is 0.889. The third-order valence-electron chi connectivity index (χ3n) is 2.13. The van der Waals surface area contributed by atoms with Gasteiger partial charge in [0, 0.05) is 12.1 Å². The zero-order chi connectivity index (χ0) is 9.84. The van der Waals surface area contributed by atoms with Crippen LogP contribution in [-0.4, -0.2) is 38.4 Å². The monoisotopic (exact) mass is 187 g/mol. The number of methoxy groups -OCH3 is 1. The molecule has 0 radical (unpaired) electrons. The van der Waals surface area contributed by atoms with Gasteiger partial charge in [0.05, 0.1) is 26.2 Å². The van der Waals surface area contributed by atoms with Crippen LogP contribution in [0.4, 0.5) is 0 Å². The third kappa shape index (κ3) is 2.67. The van der Waals surface area contributed by atoms with Crippen molar-refractivity contribution >= 4 is 5.97 Å². The Morgan fingerprint density at radius 3 is 2.77 bits per heavy atom. The molecular weight excluding hydrogens is 170 g/mol. The Balaban J connectivity index is 2.48. The topological polar surface area (TPSA) is 47.6 Å². The second-order valence-electron chi connectivity index (χ2n) is 3.59. The van der Waals surface area contributed by atoms with Gasteiger partial charge >= 0.3 is 5.97 Å². The van der Waals surface area contributed by atoms with E-state index in [2.05, 4.69) is 10.1 Å². The molecule has 2 unspecified atom stereocenters. The maximum Gasteiger partial charge on any atom is 0.312 e. The Kier molecular flexibility index (Phi) is 3.69. The maximum absolute atomic E-state index is 11.3. The Morgan fingerprint density at radius 1 is 1.54 bits per heavy atom. The molecule has 1 aliphatic rings. The molecule has 1 N–H and O–H groups in total.